The van der Waals surface area contributed by atoms with Crippen LogP contribution in [0.5, 0.6) is 5.75 Å². The van der Waals surface area contributed by atoms with E-state index in [1.165, 1.54) is 19.2 Å². The number of ether oxygens (including phenoxy) is 1. The van der Waals surface area contributed by atoms with Crippen LogP contribution in [-0.4, -0.2) is 12.0 Å². The molecule has 0 radical (unpaired) electrons. The van der Waals surface area contributed by atoms with Crippen molar-refractivity contribution in [2.45, 2.75) is 6.54 Å². The van der Waals surface area contributed by atoms with Gasteiger partial charge in [-0.25, -0.2) is 0 Å². The fraction of sp³-hybridized carbons (Fsp3) is 0.143. The predicted molar refractivity (Wildman–Crippen MR) is 83.4 cm³/mol. The van der Waals surface area contributed by atoms with Gasteiger partial charge in [0.2, 0.25) is 0 Å². The number of nitro benzene ring substituents is 1. The van der Waals surface area contributed by atoms with Gasteiger partial charge in [0.1, 0.15) is 5.75 Å². The molecule has 0 amide bonds. The van der Waals surface area contributed by atoms with Gasteiger partial charge in [0.25, 0.3) is 5.69 Å². The van der Waals surface area contributed by atoms with E-state index in [0.29, 0.717) is 28.0 Å². The third kappa shape index (κ3) is 3.77. The Kier molecular flexibility index (Phi) is 4.88. The molecule has 0 bridgehead atoms. The molecule has 0 aliphatic rings. The summed E-state index contributed by atoms with van der Waals surface area (Å²) in [5, 5.41) is 15.0. The van der Waals surface area contributed by atoms with Crippen LogP contribution in [0.1, 0.15) is 5.56 Å². The van der Waals surface area contributed by atoms with Crippen LogP contribution >= 0.6 is 23.2 Å². The molecule has 110 valence electrons. The molecule has 0 unspecified atom stereocenters. The fourth-order valence-electron chi connectivity index (χ4n) is 1.82. The second-order valence-corrected chi connectivity index (χ2v) is 5.07. The highest BCUT2D eigenvalue weighted by Gasteiger charge is 2.11. The van der Waals surface area contributed by atoms with E-state index in [-0.39, 0.29) is 5.69 Å². The van der Waals surface area contributed by atoms with Crippen molar-refractivity contribution in [2.75, 3.05) is 12.4 Å². The van der Waals surface area contributed by atoms with Crippen LogP contribution in [0.4, 0.5) is 11.4 Å². The van der Waals surface area contributed by atoms with Gasteiger partial charge in [-0.15, -0.1) is 0 Å². The van der Waals surface area contributed by atoms with E-state index in [4.69, 9.17) is 27.9 Å². The third-order valence-corrected chi connectivity index (χ3v) is 3.47. The largest absolute Gasteiger partial charge is 0.495 e. The normalized spacial score (nSPS) is 10.2. The number of nitro groups is 1. The van der Waals surface area contributed by atoms with Gasteiger partial charge < -0.3 is 10.1 Å². The number of halogens is 2. The molecule has 0 aromatic heterocycles. The first-order valence-electron chi connectivity index (χ1n) is 6.01. The van der Waals surface area contributed by atoms with Gasteiger partial charge in [0.15, 0.2) is 0 Å². The molecule has 21 heavy (non-hydrogen) atoms. The Morgan fingerprint density at radius 3 is 2.67 bits per heavy atom. The van der Waals surface area contributed by atoms with E-state index in [2.05, 4.69) is 5.32 Å². The monoisotopic (exact) mass is 326 g/mol. The SMILES string of the molecule is COc1ccc([N+](=O)[O-])cc1NCc1cc(Cl)ccc1Cl. The molecule has 1 N–H and O–H groups in total. The molecule has 0 fully saturated rings. The molecule has 0 atom stereocenters. The van der Waals surface area contributed by atoms with Crippen molar-refractivity contribution in [1.29, 1.82) is 0 Å². The highest BCUT2D eigenvalue weighted by Crippen LogP contribution is 2.30. The third-order valence-electron chi connectivity index (χ3n) is 2.87. The van der Waals surface area contributed by atoms with Gasteiger partial charge >= 0.3 is 0 Å². The summed E-state index contributed by atoms with van der Waals surface area (Å²) in [6.07, 6.45) is 0. The fourth-order valence-corrected chi connectivity index (χ4v) is 2.20. The van der Waals surface area contributed by atoms with Gasteiger partial charge in [0, 0.05) is 28.7 Å². The van der Waals surface area contributed by atoms with Crippen molar-refractivity contribution >= 4 is 34.6 Å². The topological polar surface area (TPSA) is 64.4 Å². The average molecular weight is 327 g/mol. The summed E-state index contributed by atoms with van der Waals surface area (Å²) in [6, 6.07) is 9.47. The van der Waals surface area contributed by atoms with Crippen LogP contribution in [0.25, 0.3) is 0 Å². The number of benzene rings is 2. The molecule has 0 aliphatic carbocycles. The second kappa shape index (κ2) is 6.65. The Hall–Kier alpha value is -1.98. The molecule has 2 aromatic carbocycles. The number of rotatable bonds is 5. The lowest BCUT2D eigenvalue weighted by Crippen LogP contribution is -2.03. The van der Waals surface area contributed by atoms with E-state index in [0.717, 1.165) is 5.56 Å². The number of nitrogens with one attached hydrogen (secondary N) is 1. The smallest absolute Gasteiger partial charge is 0.271 e. The summed E-state index contributed by atoms with van der Waals surface area (Å²) in [5.74, 6) is 0.513. The van der Waals surface area contributed by atoms with Gasteiger partial charge in [-0.05, 0) is 29.8 Å². The number of methoxy groups -OCH3 is 1. The van der Waals surface area contributed by atoms with E-state index in [1.54, 1.807) is 24.3 Å². The number of hydrogen-bond donors (Lipinski definition) is 1. The molecule has 2 rings (SSSR count). The van der Waals surface area contributed by atoms with Crippen LogP contribution in [0.3, 0.4) is 0 Å². The molecule has 2 aromatic rings. The maximum atomic E-state index is 10.8. The Balaban J connectivity index is 2.24. The summed E-state index contributed by atoms with van der Waals surface area (Å²) >= 11 is 12.0. The lowest BCUT2D eigenvalue weighted by atomic mass is 10.2. The van der Waals surface area contributed by atoms with Crippen LogP contribution in [0.2, 0.25) is 10.0 Å². The Morgan fingerprint density at radius 2 is 2.00 bits per heavy atom. The maximum absolute atomic E-state index is 10.8. The lowest BCUT2D eigenvalue weighted by molar-refractivity contribution is -0.384. The van der Waals surface area contributed by atoms with Gasteiger partial charge in [-0.3, -0.25) is 10.1 Å². The van der Waals surface area contributed by atoms with Gasteiger partial charge in [-0.2, -0.15) is 0 Å². The van der Waals surface area contributed by atoms with E-state index in [1.807, 2.05) is 0 Å². The summed E-state index contributed by atoms with van der Waals surface area (Å²) in [7, 11) is 1.50. The summed E-state index contributed by atoms with van der Waals surface area (Å²) < 4.78 is 5.18. The minimum absolute atomic E-state index is 0.0181. The second-order valence-electron chi connectivity index (χ2n) is 4.23. The molecule has 7 heteroatoms. The van der Waals surface area contributed by atoms with Crippen LogP contribution < -0.4 is 10.1 Å². The number of anilines is 1. The minimum atomic E-state index is -0.461. The minimum Gasteiger partial charge on any atom is -0.495 e. The number of nitrogens with zero attached hydrogens (tertiary/aromatic N) is 1. The molecule has 5 nitrogen and oxygen atoms in total. The van der Waals surface area contributed by atoms with Crippen molar-refractivity contribution in [3.8, 4) is 5.75 Å². The predicted octanol–water partition coefficient (Wildman–Crippen LogP) is 4.52. The Bertz CT molecular complexity index is 677. The van der Waals surface area contributed by atoms with Gasteiger partial charge in [-0.1, -0.05) is 23.2 Å². The van der Waals surface area contributed by atoms with Crippen molar-refractivity contribution < 1.29 is 9.66 Å². The quantitative estimate of drug-likeness (QED) is 0.648. The average Bonchev–Trinajstić information content (AvgIpc) is 2.47. The zero-order valence-electron chi connectivity index (χ0n) is 11.1. The molecule has 0 saturated carbocycles. The molecule has 0 aliphatic heterocycles. The summed E-state index contributed by atoms with van der Waals surface area (Å²) in [5.41, 5.74) is 1.29. The first-order chi connectivity index (χ1) is 10.0. The van der Waals surface area contributed by atoms with Crippen LogP contribution in [0, 0.1) is 10.1 Å². The van der Waals surface area contributed by atoms with Crippen LogP contribution in [-0.2, 0) is 6.54 Å². The van der Waals surface area contributed by atoms with Crippen molar-refractivity contribution in [3.63, 3.8) is 0 Å². The first kappa shape index (κ1) is 15.4. The van der Waals surface area contributed by atoms with E-state index >= 15 is 0 Å². The summed E-state index contributed by atoms with van der Waals surface area (Å²) in [4.78, 5) is 10.4. The highest BCUT2D eigenvalue weighted by molar-refractivity contribution is 6.33. The maximum Gasteiger partial charge on any atom is 0.271 e. The first-order valence-corrected chi connectivity index (χ1v) is 6.77. The van der Waals surface area contributed by atoms with Crippen molar-refractivity contribution in [2.24, 2.45) is 0 Å². The van der Waals surface area contributed by atoms with E-state index < -0.39 is 4.92 Å². The van der Waals surface area contributed by atoms with E-state index in [9.17, 15) is 10.1 Å². The van der Waals surface area contributed by atoms with Crippen molar-refractivity contribution in [3.05, 3.63) is 62.1 Å². The molecule has 0 spiro atoms. The zero-order valence-corrected chi connectivity index (χ0v) is 12.6. The zero-order chi connectivity index (χ0) is 15.4. The molecule has 0 heterocycles. The van der Waals surface area contributed by atoms with Crippen LogP contribution in [0.15, 0.2) is 36.4 Å². The number of hydrogen-bond acceptors (Lipinski definition) is 4. The number of non-ortho nitro benzene ring substituents is 1. The molecular formula is C14H12Cl2N2O3. The Labute approximate surface area is 131 Å². The lowest BCUT2D eigenvalue weighted by Gasteiger charge is -2.12. The van der Waals surface area contributed by atoms with Gasteiger partial charge in [0.05, 0.1) is 17.7 Å². The summed E-state index contributed by atoms with van der Waals surface area (Å²) in [6.45, 7) is 0.372. The highest BCUT2D eigenvalue weighted by atomic mass is 35.5. The Morgan fingerprint density at radius 1 is 1.24 bits per heavy atom. The standard InChI is InChI=1S/C14H12Cl2N2O3/c1-21-14-5-3-11(18(19)20)7-13(14)17-8-9-6-10(15)2-4-12(9)16/h2-7,17H,8H2,1H3. The molecular weight excluding hydrogens is 315 g/mol. The van der Waals surface area contributed by atoms with Crippen molar-refractivity contribution in [1.82, 2.24) is 0 Å². The molecule has 0 saturated heterocycles.